The van der Waals surface area contributed by atoms with Gasteiger partial charge in [0.1, 0.15) is 4.90 Å². The van der Waals surface area contributed by atoms with E-state index in [9.17, 15) is 12.8 Å². The van der Waals surface area contributed by atoms with Crippen LogP contribution in [0.5, 0.6) is 0 Å². The van der Waals surface area contributed by atoms with Gasteiger partial charge < -0.3 is 5.73 Å². The fourth-order valence-electron chi connectivity index (χ4n) is 2.41. The molecule has 1 aliphatic carbocycles. The van der Waals surface area contributed by atoms with Gasteiger partial charge >= 0.3 is 0 Å². The first-order chi connectivity index (χ1) is 9.69. The van der Waals surface area contributed by atoms with Crippen LogP contribution in [-0.4, -0.2) is 18.9 Å². The van der Waals surface area contributed by atoms with E-state index in [4.69, 9.17) is 41.2 Å². The molecule has 0 aliphatic heterocycles. The molecule has 9 heteroatoms. The summed E-state index contributed by atoms with van der Waals surface area (Å²) in [6.07, 6.45) is 2.63. The summed E-state index contributed by atoms with van der Waals surface area (Å²) < 4.78 is 41.1. The Morgan fingerprint density at radius 2 is 1.90 bits per heavy atom. The Bertz CT molecular complexity index is 689. The van der Waals surface area contributed by atoms with Gasteiger partial charge in [-0.15, -0.1) is 0 Å². The molecule has 0 heterocycles. The molecule has 3 N–H and O–H groups in total. The molecule has 0 spiro atoms. The first-order valence-corrected chi connectivity index (χ1v) is 8.82. The molecule has 0 atom stereocenters. The molecular weight excluding hydrogens is 358 g/mol. The highest BCUT2D eigenvalue weighted by Gasteiger charge is 2.41. The number of nitrogens with one attached hydrogen (secondary N) is 1. The van der Waals surface area contributed by atoms with Crippen LogP contribution in [0.15, 0.2) is 17.0 Å². The number of sulfonamides is 1. The summed E-state index contributed by atoms with van der Waals surface area (Å²) in [7, 11) is -4.07. The smallest absolute Gasteiger partial charge is 0.243 e. The number of benzene rings is 1. The van der Waals surface area contributed by atoms with E-state index < -0.39 is 26.4 Å². The van der Waals surface area contributed by atoms with Gasteiger partial charge in [0, 0.05) is 0 Å². The van der Waals surface area contributed by atoms with E-state index in [0.29, 0.717) is 12.8 Å². The predicted octanol–water partition coefficient (Wildman–Crippen LogP) is 3.01. The molecular formula is C12H13Cl2FN2O2S2. The molecule has 0 amide bonds. The molecule has 0 saturated heterocycles. The molecule has 0 aromatic heterocycles. The van der Waals surface area contributed by atoms with Gasteiger partial charge in [0.15, 0.2) is 5.82 Å². The van der Waals surface area contributed by atoms with Gasteiger partial charge in [-0.25, -0.2) is 12.8 Å². The number of hydrogen-bond acceptors (Lipinski definition) is 3. The number of hydrogen-bond donors (Lipinski definition) is 2. The molecule has 0 bridgehead atoms. The molecule has 1 saturated carbocycles. The summed E-state index contributed by atoms with van der Waals surface area (Å²) in [5.74, 6) is -0.975. The van der Waals surface area contributed by atoms with E-state index >= 15 is 0 Å². The lowest BCUT2D eigenvalue weighted by Crippen LogP contribution is -2.54. The quantitative estimate of drug-likeness (QED) is 0.631. The molecule has 4 nitrogen and oxygen atoms in total. The van der Waals surface area contributed by atoms with Crippen molar-refractivity contribution >= 4 is 50.4 Å². The van der Waals surface area contributed by atoms with Crippen LogP contribution in [-0.2, 0) is 10.0 Å². The third-order valence-corrected chi connectivity index (χ3v) is 6.29. The fraction of sp³-hybridized carbons (Fsp3) is 0.417. The monoisotopic (exact) mass is 370 g/mol. The zero-order valence-electron chi connectivity index (χ0n) is 10.8. The fourth-order valence-corrected chi connectivity index (χ4v) is 4.91. The van der Waals surface area contributed by atoms with Crippen molar-refractivity contribution in [2.24, 2.45) is 5.73 Å². The maximum atomic E-state index is 13.7. The molecule has 0 unspecified atom stereocenters. The summed E-state index contributed by atoms with van der Waals surface area (Å²) in [5.41, 5.74) is 4.71. The number of halogens is 3. The van der Waals surface area contributed by atoms with E-state index in [2.05, 4.69) is 4.72 Å². The van der Waals surface area contributed by atoms with Crippen molar-refractivity contribution in [3.05, 3.63) is 28.0 Å². The van der Waals surface area contributed by atoms with Crippen molar-refractivity contribution in [3.8, 4) is 0 Å². The van der Waals surface area contributed by atoms with E-state index in [0.717, 1.165) is 25.0 Å². The topological polar surface area (TPSA) is 72.2 Å². The van der Waals surface area contributed by atoms with Crippen molar-refractivity contribution in [1.29, 1.82) is 0 Å². The van der Waals surface area contributed by atoms with Crippen LogP contribution in [0, 0.1) is 5.82 Å². The van der Waals surface area contributed by atoms with E-state index in [1.165, 1.54) is 0 Å². The second-order valence-corrected chi connectivity index (χ2v) is 7.81. The van der Waals surface area contributed by atoms with Crippen molar-refractivity contribution < 1.29 is 12.8 Å². The zero-order valence-corrected chi connectivity index (χ0v) is 14.0. The lowest BCUT2D eigenvalue weighted by molar-refractivity contribution is 0.502. The van der Waals surface area contributed by atoms with Gasteiger partial charge in [-0.2, -0.15) is 4.72 Å². The van der Waals surface area contributed by atoms with E-state index in [-0.39, 0.29) is 14.9 Å². The summed E-state index contributed by atoms with van der Waals surface area (Å²) in [4.78, 5) is -0.303. The maximum absolute atomic E-state index is 13.7. The van der Waals surface area contributed by atoms with Crippen LogP contribution in [0.2, 0.25) is 10.0 Å². The second-order valence-electron chi connectivity index (χ2n) is 4.93. The number of rotatable bonds is 4. The Kier molecular flexibility index (Phi) is 4.80. The van der Waals surface area contributed by atoms with Crippen molar-refractivity contribution in [2.45, 2.75) is 36.1 Å². The van der Waals surface area contributed by atoms with Gasteiger partial charge in [-0.3, -0.25) is 0 Å². The molecule has 116 valence electrons. The third kappa shape index (κ3) is 3.17. The van der Waals surface area contributed by atoms with E-state index in [1.54, 1.807) is 0 Å². The van der Waals surface area contributed by atoms with Gasteiger partial charge in [0.25, 0.3) is 0 Å². The molecule has 1 aromatic carbocycles. The Hall–Kier alpha value is -0.470. The first-order valence-electron chi connectivity index (χ1n) is 6.17. The average molecular weight is 371 g/mol. The van der Waals surface area contributed by atoms with Crippen LogP contribution in [0.4, 0.5) is 4.39 Å². The molecule has 21 heavy (non-hydrogen) atoms. The Morgan fingerprint density at radius 3 is 2.43 bits per heavy atom. The summed E-state index contributed by atoms with van der Waals surface area (Å²) in [5, 5.41) is -0.796. The third-order valence-electron chi connectivity index (χ3n) is 3.55. The SMILES string of the molecule is NC(=S)C1(NS(=O)(=O)c2ccc(Cl)c(F)c2Cl)CCCC1. The Morgan fingerprint density at radius 1 is 1.33 bits per heavy atom. The van der Waals surface area contributed by atoms with Gasteiger partial charge in [0.05, 0.1) is 20.6 Å². The van der Waals surface area contributed by atoms with Gasteiger partial charge in [-0.1, -0.05) is 48.3 Å². The summed E-state index contributed by atoms with van der Waals surface area (Å²) in [6, 6.07) is 2.29. The van der Waals surface area contributed by atoms with Crippen LogP contribution in [0.1, 0.15) is 25.7 Å². The molecule has 0 radical (unpaired) electrons. The van der Waals surface area contributed by atoms with Crippen LogP contribution in [0.25, 0.3) is 0 Å². The van der Waals surface area contributed by atoms with Gasteiger partial charge in [0.2, 0.25) is 10.0 Å². The Balaban J connectivity index is 2.44. The summed E-state index contributed by atoms with van der Waals surface area (Å²) in [6.45, 7) is 0. The predicted molar refractivity (Wildman–Crippen MR) is 84.7 cm³/mol. The molecule has 1 fully saturated rings. The van der Waals surface area contributed by atoms with Crippen LogP contribution in [0.3, 0.4) is 0 Å². The average Bonchev–Trinajstić information content (AvgIpc) is 2.84. The highest BCUT2D eigenvalue weighted by molar-refractivity contribution is 7.89. The second kappa shape index (κ2) is 5.96. The normalized spacial score (nSPS) is 17.9. The van der Waals surface area contributed by atoms with Crippen molar-refractivity contribution in [2.75, 3.05) is 0 Å². The molecule has 1 aliphatic rings. The Labute approximate surface area is 137 Å². The zero-order chi connectivity index (χ0) is 15.8. The van der Waals surface area contributed by atoms with Crippen LogP contribution >= 0.6 is 35.4 Å². The van der Waals surface area contributed by atoms with Crippen molar-refractivity contribution in [1.82, 2.24) is 4.72 Å². The minimum atomic E-state index is -4.07. The minimum absolute atomic E-state index is 0.0779. The highest BCUT2D eigenvalue weighted by atomic mass is 35.5. The standard InChI is InChI=1S/C12H13Cl2FN2O2S2/c13-7-3-4-8(9(14)10(7)15)21(18,19)17-12(11(16)20)5-1-2-6-12/h3-4,17H,1-2,5-6H2,(H2,16,20). The summed E-state index contributed by atoms with van der Waals surface area (Å²) >= 11 is 16.3. The largest absolute Gasteiger partial charge is 0.392 e. The maximum Gasteiger partial charge on any atom is 0.243 e. The van der Waals surface area contributed by atoms with Crippen LogP contribution < -0.4 is 10.5 Å². The molecule has 2 rings (SSSR count). The van der Waals surface area contributed by atoms with Crippen molar-refractivity contribution in [3.63, 3.8) is 0 Å². The lowest BCUT2D eigenvalue weighted by Gasteiger charge is -2.28. The number of nitrogens with two attached hydrogens (primary N) is 1. The number of thiocarbonyl (C=S) groups is 1. The lowest BCUT2D eigenvalue weighted by atomic mass is 10.00. The first kappa shape index (κ1) is 16.9. The minimum Gasteiger partial charge on any atom is -0.392 e. The highest BCUT2D eigenvalue weighted by Crippen LogP contribution is 2.34. The van der Waals surface area contributed by atoms with Gasteiger partial charge in [-0.05, 0) is 25.0 Å². The van der Waals surface area contributed by atoms with E-state index in [1.807, 2.05) is 0 Å². The molecule has 1 aromatic rings.